The number of anilines is 1. The van der Waals surface area contributed by atoms with Crippen molar-refractivity contribution in [1.29, 1.82) is 0 Å². The van der Waals surface area contributed by atoms with Crippen LogP contribution in [0.1, 0.15) is 37.8 Å². The van der Waals surface area contributed by atoms with Gasteiger partial charge in [-0.05, 0) is 50.8 Å². The molecule has 1 N–H and O–H groups in total. The Bertz CT molecular complexity index is 540. The van der Waals surface area contributed by atoms with Crippen LogP contribution in [0.5, 0.6) is 0 Å². The average molecular weight is 330 g/mol. The Hall–Kier alpha value is -1.62. The molecule has 0 aliphatic carbocycles. The first-order valence-electron chi connectivity index (χ1n) is 9.38. The highest BCUT2D eigenvalue weighted by Crippen LogP contribution is 2.18. The Morgan fingerprint density at radius 2 is 2.00 bits per heavy atom. The first-order valence-corrected chi connectivity index (χ1v) is 9.38. The average Bonchev–Trinajstić information content (AvgIpc) is 2.83. The second-order valence-corrected chi connectivity index (χ2v) is 7.23. The van der Waals surface area contributed by atoms with Crippen molar-refractivity contribution in [2.24, 2.45) is 5.92 Å². The highest BCUT2D eigenvalue weighted by atomic mass is 16.2. The lowest BCUT2D eigenvalue weighted by molar-refractivity contribution is -0.132. The summed E-state index contributed by atoms with van der Waals surface area (Å²) in [6.45, 7) is 7.50. The van der Waals surface area contributed by atoms with E-state index in [-0.39, 0.29) is 0 Å². The zero-order valence-corrected chi connectivity index (χ0v) is 14.8. The van der Waals surface area contributed by atoms with E-state index in [9.17, 15) is 4.79 Å². The summed E-state index contributed by atoms with van der Waals surface area (Å²) in [4.78, 5) is 21.4. The van der Waals surface area contributed by atoms with Crippen molar-refractivity contribution in [2.75, 3.05) is 44.6 Å². The van der Waals surface area contributed by atoms with Crippen LogP contribution < -0.4 is 5.32 Å². The molecular weight excluding hydrogens is 300 g/mol. The number of hydrogen-bond acceptors (Lipinski definition) is 4. The first kappa shape index (κ1) is 17.2. The number of likely N-dealkylation sites (tertiary alicyclic amines) is 2. The summed E-state index contributed by atoms with van der Waals surface area (Å²) in [7, 11) is 0. The minimum Gasteiger partial charge on any atom is -0.370 e. The van der Waals surface area contributed by atoms with E-state index in [1.807, 2.05) is 25.1 Å². The maximum atomic E-state index is 12.5. The molecule has 0 radical (unpaired) electrons. The zero-order valence-electron chi connectivity index (χ0n) is 14.8. The zero-order chi connectivity index (χ0) is 16.8. The molecule has 1 aromatic heterocycles. The molecule has 0 spiro atoms. The SMILES string of the molecule is Cc1cccc(NC[C@@H]2CCN(CC(=O)N3CCCCCC3)C2)n1. The van der Waals surface area contributed by atoms with Gasteiger partial charge in [0, 0.05) is 31.9 Å². The van der Waals surface area contributed by atoms with Gasteiger partial charge >= 0.3 is 0 Å². The van der Waals surface area contributed by atoms with Gasteiger partial charge in [-0.1, -0.05) is 18.9 Å². The largest absolute Gasteiger partial charge is 0.370 e. The fourth-order valence-corrected chi connectivity index (χ4v) is 3.72. The lowest BCUT2D eigenvalue weighted by Crippen LogP contribution is -2.40. The number of aryl methyl sites for hydroxylation is 1. The van der Waals surface area contributed by atoms with Crippen LogP contribution in [0.4, 0.5) is 5.82 Å². The number of rotatable bonds is 5. The third-order valence-electron chi connectivity index (χ3n) is 5.15. The summed E-state index contributed by atoms with van der Waals surface area (Å²) >= 11 is 0. The number of nitrogens with zero attached hydrogens (tertiary/aromatic N) is 3. The van der Waals surface area contributed by atoms with Gasteiger partial charge in [0.2, 0.25) is 5.91 Å². The van der Waals surface area contributed by atoms with Crippen LogP contribution in [-0.4, -0.2) is 60.0 Å². The molecule has 3 rings (SSSR count). The Balaban J connectivity index is 1.41. The molecule has 1 aromatic rings. The molecule has 0 bridgehead atoms. The minimum absolute atomic E-state index is 0.325. The molecular formula is C19H30N4O. The monoisotopic (exact) mass is 330 g/mol. The third kappa shape index (κ3) is 4.94. The summed E-state index contributed by atoms with van der Waals surface area (Å²) in [5.41, 5.74) is 1.04. The van der Waals surface area contributed by atoms with Gasteiger partial charge in [-0.15, -0.1) is 0 Å². The summed E-state index contributed by atoms with van der Waals surface area (Å²) < 4.78 is 0. The second kappa shape index (κ2) is 8.47. The lowest BCUT2D eigenvalue weighted by Gasteiger charge is -2.24. The van der Waals surface area contributed by atoms with Gasteiger partial charge in [-0.2, -0.15) is 0 Å². The normalized spacial score (nSPS) is 22.4. The van der Waals surface area contributed by atoms with Crippen LogP contribution in [0.2, 0.25) is 0 Å². The molecule has 5 nitrogen and oxygen atoms in total. The predicted molar refractivity (Wildman–Crippen MR) is 97.1 cm³/mol. The van der Waals surface area contributed by atoms with Gasteiger partial charge in [0.1, 0.15) is 5.82 Å². The van der Waals surface area contributed by atoms with Crippen molar-refractivity contribution in [3.05, 3.63) is 23.9 Å². The Morgan fingerprint density at radius 1 is 1.21 bits per heavy atom. The Labute approximate surface area is 145 Å². The van der Waals surface area contributed by atoms with E-state index >= 15 is 0 Å². The van der Waals surface area contributed by atoms with Crippen molar-refractivity contribution >= 4 is 11.7 Å². The molecule has 2 saturated heterocycles. The Morgan fingerprint density at radius 3 is 2.75 bits per heavy atom. The summed E-state index contributed by atoms with van der Waals surface area (Å²) in [6.07, 6.45) is 6.04. The van der Waals surface area contributed by atoms with E-state index in [0.29, 0.717) is 18.4 Å². The smallest absolute Gasteiger partial charge is 0.236 e. The standard InChI is InChI=1S/C19H30N4O/c1-16-7-6-8-18(21-16)20-13-17-9-12-22(14-17)15-19(24)23-10-4-2-3-5-11-23/h6-8,17H,2-5,9-15H2,1H3,(H,20,21)/t17-/m0/s1. The van der Waals surface area contributed by atoms with Crippen LogP contribution in [-0.2, 0) is 4.79 Å². The van der Waals surface area contributed by atoms with Crippen LogP contribution in [0.3, 0.4) is 0 Å². The molecule has 5 heteroatoms. The van der Waals surface area contributed by atoms with Gasteiger partial charge in [0.25, 0.3) is 0 Å². The minimum atomic E-state index is 0.325. The van der Waals surface area contributed by atoms with Crippen molar-refractivity contribution < 1.29 is 4.79 Å². The number of carbonyl (C=O) groups excluding carboxylic acids is 1. The van der Waals surface area contributed by atoms with Crippen molar-refractivity contribution in [1.82, 2.24) is 14.8 Å². The first-order chi connectivity index (χ1) is 11.7. The molecule has 1 amide bonds. The molecule has 24 heavy (non-hydrogen) atoms. The maximum Gasteiger partial charge on any atom is 0.236 e. The van der Waals surface area contributed by atoms with Crippen LogP contribution in [0.25, 0.3) is 0 Å². The summed E-state index contributed by atoms with van der Waals surface area (Å²) in [5.74, 6) is 1.88. The Kier molecular flexibility index (Phi) is 6.07. The number of amides is 1. The van der Waals surface area contributed by atoms with E-state index in [2.05, 4.69) is 20.1 Å². The number of pyridine rings is 1. The van der Waals surface area contributed by atoms with Gasteiger partial charge in [0.05, 0.1) is 6.54 Å². The molecule has 3 heterocycles. The van der Waals surface area contributed by atoms with E-state index < -0.39 is 0 Å². The van der Waals surface area contributed by atoms with Crippen molar-refractivity contribution in [3.8, 4) is 0 Å². The van der Waals surface area contributed by atoms with Crippen LogP contribution in [0, 0.1) is 12.8 Å². The molecule has 0 unspecified atom stereocenters. The summed E-state index contributed by atoms with van der Waals surface area (Å²) in [5, 5.41) is 3.44. The van der Waals surface area contributed by atoms with E-state index in [0.717, 1.165) is 50.7 Å². The van der Waals surface area contributed by atoms with Crippen LogP contribution >= 0.6 is 0 Å². The molecule has 2 fully saturated rings. The van der Waals surface area contributed by atoms with Gasteiger partial charge in [0.15, 0.2) is 0 Å². The van der Waals surface area contributed by atoms with Crippen molar-refractivity contribution in [3.63, 3.8) is 0 Å². The molecule has 1 atom stereocenters. The van der Waals surface area contributed by atoms with Gasteiger partial charge < -0.3 is 10.2 Å². The molecule has 0 aromatic carbocycles. The van der Waals surface area contributed by atoms with E-state index in [1.165, 1.54) is 25.7 Å². The number of nitrogens with one attached hydrogen (secondary N) is 1. The van der Waals surface area contributed by atoms with E-state index in [1.54, 1.807) is 0 Å². The number of hydrogen-bond donors (Lipinski definition) is 1. The van der Waals surface area contributed by atoms with Gasteiger partial charge in [-0.3, -0.25) is 9.69 Å². The topological polar surface area (TPSA) is 48.5 Å². The maximum absolute atomic E-state index is 12.5. The van der Waals surface area contributed by atoms with Gasteiger partial charge in [-0.25, -0.2) is 4.98 Å². The summed E-state index contributed by atoms with van der Waals surface area (Å²) in [6, 6.07) is 6.06. The third-order valence-corrected chi connectivity index (χ3v) is 5.15. The molecule has 2 aliphatic heterocycles. The fraction of sp³-hybridized carbons (Fsp3) is 0.684. The molecule has 0 saturated carbocycles. The van der Waals surface area contributed by atoms with Crippen LogP contribution in [0.15, 0.2) is 18.2 Å². The second-order valence-electron chi connectivity index (χ2n) is 7.23. The quantitative estimate of drug-likeness (QED) is 0.901. The highest BCUT2D eigenvalue weighted by molar-refractivity contribution is 5.78. The van der Waals surface area contributed by atoms with Crippen molar-refractivity contribution in [2.45, 2.75) is 39.0 Å². The van der Waals surface area contributed by atoms with E-state index in [4.69, 9.17) is 0 Å². The number of carbonyl (C=O) groups is 1. The molecule has 2 aliphatic rings. The fourth-order valence-electron chi connectivity index (χ4n) is 3.72. The highest BCUT2D eigenvalue weighted by Gasteiger charge is 2.26. The lowest BCUT2D eigenvalue weighted by atomic mass is 10.1. The number of aromatic nitrogens is 1. The predicted octanol–water partition coefficient (Wildman–Crippen LogP) is 2.53. The molecule has 132 valence electrons.